The number of fused-ring (bicyclic) bond motifs is 1. The van der Waals surface area contributed by atoms with Crippen molar-refractivity contribution >= 4 is 11.7 Å². The first-order valence-electron chi connectivity index (χ1n) is 8.12. The van der Waals surface area contributed by atoms with Gasteiger partial charge in [0.05, 0.1) is 17.7 Å². The second-order valence-corrected chi connectivity index (χ2v) is 7.09. The van der Waals surface area contributed by atoms with E-state index in [1.165, 1.54) is 5.56 Å². The Morgan fingerprint density at radius 2 is 1.96 bits per heavy atom. The van der Waals surface area contributed by atoms with Crippen LogP contribution in [-0.4, -0.2) is 6.03 Å². The molecule has 24 heavy (non-hydrogen) atoms. The van der Waals surface area contributed by atoms with Crippen molar-refractivity contribution < 1.29 is 4.79 Å². The van der Waals surface area contributed by atoms with Crippen LogP contribution in [0.5, 0.6) is 0 Å². The molecule has 122 valence electrons. The molecule has 2 aromatic rings. The zero-order valence-electron chi connectivity index (χ0n) is 14.0. The molecule has 0 saturated carbocycles. The first kappa shape index (κ1) is 16.1. The second kappa shape index (κ2) is 6.37. The van der Waals surface area contributed by atoms with Gasteiger partial charge in [-0.15, -0.1) is 0 Å². The fourth-order valence-corrected chi connectivity index (χ4v) is 3.38. The van der Waals surface area contributed by atoms with E-state index in [-0.39, 0.29) is 17.5 Å². The largest absolute Gasteiger partial charge is 0.331 e. The number of hydrogen-bond donors (Lipinski definition) is 2. The van der Waals surface area contributed by atoms with Crippen LogP contribution in [0.1, 0.15) is 43.0 Å². The van der Waals surface area contributed by atoms with Gasteiger partial charge in [0.25, 0.3) is 0 Å². The fraction of sp³-hybridized carbons (Fsp3) is 0.300. The molecule has 1 atom stereocenters. The Labute approximate surface area is 142 Å². The van der Waals surface area contributed by atoms with E-state index < -0.39 is 0 Å². The van der Waals surface area contributed by atoms with Crippen LogP contribution in [0.3, 0.4) is 0 Å². The topological polar surface area (TPSA) is 64.9 Å². The summed E-state index contributed by atoms with van der Waals surface area (Å²) in [4.78, 5) is 12.4. The minimum atomic E-state index is -0.225. The molecule has 2 amide bonds. The predicted molar refractivity (Wildman–Crippen MR) is 94.6 cm³/mol. The molecule has 0 saturated heterocycles. The van der Waals surface area contributed by atoms with Crippen molar-refractivity contribution in [1.29, 1.82) is 5.26 Å². The van der Waals surface area contributed by atoms with E-state index in [0.29, 0.717) is 5.56 Å². The van der Waals surface area contributed by atoms with Gasteiger partial charge < -0.3 is 10.6 Å². The number of carbonyl (C=O) groups is 1. The number of para-hydroxylation sites is 1. The van der Waals surface area contributed by atoms with Crippen molar-refractivity contribution in [2.75, 3.05) is 5.32 Å². The van der Waals surface area contributed by atoms with Crippen molar-refractivity contribution in [3.8, 4) is 6.07 Å². The van der Waals surface area contributed by atoms with Crippen molar-refractivity contribution in [3.63, 3.8) is 0 Å². The summed E-state index contributed by atoms with van der Waals surface area (Å²) in [5, 5.41) is 15.1. The number of anilines is 1. The number of urea groups is 1. The minimum absolute atomic E-state index is 0.0965. The van der Waals surface area contributed by atoms with E-state index in [1.807, 2.05) is 48.5 Å². The summed E-state index contributed by atoms with van der Waals surface area (Å²) in [6.45, 7) is 4.41. The van der Waals surface area contributed by atoms with E-state index in [4.69, 9.17) is 5.26 Å². The molecular weight excluding hydrogens is 298 g/mol. The number of carbonyl (C=O) groups excluding carboxylic acids is 1. The molecule has 0 heterocycles. The summed E-state index contributed by atoms with van der Waals surface area (Å²) >= 11 is 0. The van der Waals surface area contributed by atoms with E-state index in [1.54, 1.807) is 0 Å². The highest BCUT2D eigenvalue weighted by molar-refractivity contribution is 5.89. The summed E-state index contributed by atoms with van der Waals surface area (Å²) in [7, 11) is 0. The molecule has 0 aliphatic heterocycles. The molecule has 0 radical (unpaired) electrons. The summed E-state index contributed by atoms with van der Waals surface area (Å²) in [6, 6.07) is 17.0. The highest BCUT2D eigenvalue weighted by Crippen LogP contribution is 2.41. The van der Waals surface area contributed by atoms with E-state index in [2.05, 4.69) is 30.6 Å². The van der Waals surface area contributed by atoms with Crippen LogP contribution in [0.2, 0.25) is 0 Å². The third-order valence-corrected chi connectivity index (χ3v) is 4.41. The van der Waals surface area contributed by atoms with E-state index in [9.17, 15) is 4.79 Å². The maximum Gasteiger partial charge on any atom is 0.319 e. The third kappa shape index (κ3) is 3.57. The minimum Gasteiger partial charge on any atom is -0.331 e. The Bertz CT molecular complexity index is 790. The van der Waals surface area contributed by atoms with Gasteiger partial charge in [-0.05, 0) is 53.6 Å². The summed E-state index contributed by atoms with van der Waals surface area (Å²) in [6.07, 6.45) is 1.80. The highest BCUT2D eigenvalue weighted by Gasteiger charge is 2.33. The van der Waals surface area contributed by atoms with Crippen molar-refractivity contribution in [1.82, 2.24) is 5.32 Å². The molecule has 2 aromatic carbocycles. The van der Waals surface area contributed by atoms with Gasteiger partial charge in [-0.2, -0.15) is 5.26 Å². The lowest BCUT2D eigenvalue weighted by atomic mass is 9.71. The van der Waals surface area contributed by atoms with Crippen molar-refractivity contribution in [2.45, 2.75) is 32.7 Å². The lowest BCUT2D eigenvalue weighted by molar-refractivity contribution is 0.231. The van der Waals surface area contributed by atoms with Crippen LogP contribution < -0.4 is 10.6 Å². The average Bonchev–Trinajstić information content (AvgIpc) is 2.54. The molecule has 1 aliphatic rings. The van der Waals surface area contributed by atoms with Crippen LogP contribution in [0, 0.1) is 16.7 Å². The fourth-order valence-electron chi connectivity index (χ4n) is 3.38. The number of rotatable bonds is 2. The Morgan fingerprint density at radius 3 is 2.67 bits per heavy atom. The number of nitrogens with zero attached hydrogens (tertiary/aromatic N) is 1. The van der Waals surface area contributed by atoms with Crippen molar-refractivity contribution in [2.24, 2.45) is 5.41 Å². The molecule has 2 N–H and O–H groups in total. The quantitative estimate of drug-likeness (QED) is 0.862. The monoisotopic (exact) mass is 319 g/mol. The van der Waals surface area contributed by atoms with Crippen LogP contribution in [0.25, 0.3) is 0 Å². The number of nitrogens with one attached hydrogen (secondary N) is 2. The normalized spacial score (nSPS) is 18.1. The van der Waals surface area contributed by atoms with Gasteiger partial charge in [0.1, 0.15) is 0 Å². The first-order valence-corrected chi connectivity index (χ1v) is 8.12. The Kier molecular flexibility index (Phi) is 4.26. The van der Waals surface area contributed by atoms with Gasteiger partial charge >= 0.3 is 6.03 Å². The zero-order chi connectivity index (χ0) is 17.2. The van der Waals surface area contributed by atoms with E-state index >= 15 is 0 Å². The third-order valence-electron chi connectivity index (χ3n) is 4.41. The average molecular weight is 319 g/mol. The zero-order valence-corrected chi connectivity index (χ0v) is 14.0. The van der Waals surface area contributed by atoms with Gasteiger partial charge in [-0.25, -0.2) is 4.79 Å². The van der Waals surface area contributed by atoms with Crippen LogP contribution >= 0.6 is 0 Å². The number of benzene rings is 2. The second-order valence-electron chi connectivity index (χ2n) is 7.09. The van der Waals surface area contributed by atoms with Crippen LogP contribution in [0.4, 0.5) is 10.5 Å². The summed E-state index contributed by atoms with van der Waals surface area (Å²) in [5.74, 6) is 0. The number of amides is 2. The molecule has 1 aliphatic carbocycles. The van der Waals surface area contributed by atoms with E-state index in [0.717, 1.165) is 24.1 Å². The van der Waals surface area contributed by atoms with Gasteiger partial charge in [-0.3, -0.25) is 0 Å². The maximum atomic E-state index is 12.4. The highest BCUT2D eigenvalue weighted by atomic mass is 16.2. The summed E-state index contributed by atoms with van der Waals surface area (Å²) in [5.41, 5.74) is 3.75. The lowest BCUT2D eigenvalue weighted by Crippen LogP contribution is -2.38. The molecule has 3 rings (SSSR count). The standard InChI is InChI=1S/C20H21N3O/c1-20(2)11-15-9-8-14(13-21)10-17(15)18(12-20)23-19(24)22-16-6-4-3-5-7-16/h3-10,18H,11-12H2,1-2H3,(H2,22,23,24)/t18-/m0/s1. The van der Waals surface area contributed by atoms with Gasteiger partial charge in [0.2, 0.25) is 0 Å². The lowest BCUT2D eigenvalue weighted by Gasteiger charge is -2.37. The Hall–Kier alpha value is -2.80. The van der Waals surface area contributed by atoms with Gasteiger partial charge in [0.15, 0.2) is 0 Å². The Morgan fingerprint density at radius 1 is 1.21 bits per heavy atom. The molecule has 0 unspecified atom stereocenters. The maximum absolute atomic E-state index is 12.4. The first-order chi connectivity index (χ1) is 11.5. The van der Waals surface area contributed by atoms with Gasteiger partial charge in [0, 0.05) is 5.69 Å². The molecule has 0 fully saturated rings. The SMILES string of the molecule is CC1(C)Cc2ccc(C#N)cc2[C@@H](NC(=O)Nc2ccccc2)C1. The van der Waals surface area contributed by atoms with Gasteiger partial charge in [-0.1, -0.05) is 38.1 Å². The molecule has 4 heteroatoms. The summed E-state index contributed by atoms with van der Waals surface area (Å²) < 4.78 is 0. The molecule has 0 spiro atoms. The smallest absolute Gasteiger partial charge is 0.319 e. The molecule has 0 bridgehead atoms. The molecular formula is C20H21N3O. The van der Waals surface area contributed by atoms with Crippen LogP contribution in [-0.2, 0) is 6.42 Å². The molecule has 4 nitrogen and oxygen atoms in total. The van der Waals surface area contributed by atoms with Crippen LogP contribution in [0.15, 0.2) is 48.5 Å². The predicted octanol–water partition coefficient (Wildman–Crippen LogP) is 4.39. The van der Waals surface area contributed by atoms with Crippen molar-refractivity contribution in [3.05, 3.63) is 65.2 Å². The number of hydrogen-bond acceptors (Lipinski definition) is 2. The Balaban J connectivity index is 1.82. The molecule has 0 aromatic heterocycles. The number of nitriles is 1.